The molecule has 1 saturated heterocycles. The first-order valence-electron chi connectivity index (χ1n) is 43.1. The molecule has 3 unspecified atom stereocenters. The van der Waals surface area contributed by atoms with Crippen LogP contribution in [0.2, 0.25) is 0 Å². The number of phenols is 2. The van der Waals surface area contributed by atoms with Crippen LogP contribution in [-0.2, 0) is 109 Å². The first-order valence-corrected chi connectivity index (χ1v) is 44.3. The average molecular weight is 1810 g/mol. The van der Waals surface area contributed by atoms with Gasteiger partial charge in [0.1, 0.15) is 78.0 Å². The van der Waals surface area contributed by atoms with Gasteiger partial charge in [0.2, 0.25) is 88.6 Å². The van der Waals surface area contributed by atoms with Crippen molar-refractivity contribution in [1.82, 2.24) is 77.3 Å². The van der Waals surface area contributed by atoms with Gasteiger partial charge in [-0.1, -0.05) is 188 Å². The molecule has 1 aromatic heterocycles. The van der Waals surface area contributed by atoms with Crippen LogP contribution in [0.4, 0.5) is 0 Å². The molecule has 0 bridgehead atoms. The van der Waals surface area contributed by atoms with E-state index in [4.69, 9.17) is 5.73 Å². The SMILES string of the molecule is CCCC[C@H]1C(=O)N(C)CC(=O)N[C@@H](CC(=O)O)C(=O)NC(C(C)C)C(=O)N(C)[C@@H](Cc2ccccc2)C(=O)N[C@@H](Cc2ccc(O)cc2)C(=O)N(C)CC(=O)N[C@@H](Cc2c[nH]c3ccccc23)C(=O)N[C@@H](Cc2ccc(O)cc2)C(=O)N[C@@H](CC(C)C)C(=O)N[C@H](C(=O)NCC(N)=O)CSCC(=O)NC(C(C)c2ccccc2)C(=O)N(C)[C@@H](Cc2ccccc2)C(=O)N1C. The number of aromatic amines is 1. The topological polar surface area (TPSA) is 500 Å². The number of hydrogen-bond donors (Lipinski definition) is 14. The van der Waals surface area contributed by atoms with Crippen molar-refractivity contribution >= 4 is 117 Å². The lowest BCUT2D eigenvalue weighted by atomic mass is 9.91. The fourth-order valence-electron chi connectivity index (χ4n) is 15.2. The third-order valence-corrected chi connectivity index (χ3v) is 23.6. The largest absolute Gasteiger partial charge is 0.508 e. The number of nitrogens with zero attached hydrogens (tertiary/aromatic N) is 5. The number of nitrogens with one attached hydrogen (secondary N) is 10. The highest BCUT2D eigenvalue weighted by atomic mass is 32.2. The number of thioether (sulfide) groups is 1. The maximum absolute atomic E-state index is 15.6. The Morgan fingerprint density at radius 2 is 0.938 bits per heavy atom. The molecule has 0 radical (unpaired) electrons. The van der Waals surface area contributed by atoms with E-state index in [0.717, 1.165) is 26.5 Å². The third kappa shape index (κ3) is 30.0. The lowest BCUT2D eigenvalue weighted by molar-refractivity contribution is -0.151. The number of fused-ring (bicyclic) bond motifs is 1. The number of unbranched alkanes of at least 4 members (excludes halogenated alkanes) is 1. The minimum Gasteiger partial charge on any atom is -0.508 e. The van der Waals surface area contributed by atoms with Gasteiger partial charge in [-0.3, -0.25) is 76.7 Å². The Morgan fingerprint density at radius 1 is 0.469 bits per heavy atom. The smallest absolute Gasteiger partial charge is 0.305 e. The van der Waals surface area contributed by atoms with E-state index in [1.165, 1.54) is 93.6 Å². The molecule has 1 aliphatic rings. The van der Waals surface area contributed by atoms with E-state index < -0.39 is 210 Å². The number of hydrogen-bond acceptors (Lipinski definition) is 19. The van der Waals surface area contributed by atoms with Crippen molar-refractivity contribution in [1.29, 1.82) is 0 Å². The Labute approximate surface area is 759 Å². The van der Waals surface area contributed by atoms with Gasteiger partial charge in [0.25, 0.3) is 0 Å². The van der Waals surface area contributed by atoms with Crippen LogP contribution in [0.15, 0.2) is 170 Å². The zero-order chi connectivity index (χ0) is 95.2. The maximum Gasteiger partial charge on any atom is 0.305 e. The van der Waals surface area contributed by atoms with Gasteiger partial charge in [0.15, 0.2) is 0 Å². The van der Waals surface area contributed by atoms with E-state index in [1.54, 1.807) is 156 Å². The summed E-state index contributed by atoms with van der Waals surface area (Å²) in [4.78, 5) is 244. The number of phenolic OH excluding ortho intramolecular Hbond substituents is 2. The normalized spacial score (nSPS) is 22.1. The molecule has 1 fully saturated rings. The number of primary amides is 1. The molecule has 36 heteroatoms. The molecule has 2 heterocycles. The van der Waals surface area contributed by atoms with Gasteiger partial charge >= 0.3 is 5.97 Å². The van der Waals surface area contributed by atoms with E-state index in [9.17, 15) is 48.9 Å². The zero-order valence-electron chi connectivity index (χ0n) is 75.0. The number of nitrogens with two attached hydrogens (primary N) is 1. The van der Waals surface area contributed by atoms with Crippen LogP contribution in [0.5, 0.6) is 11.5 Å². The lowest BCUT2D eigenvalue weighted by Crippen LogP contribution is -2.61. The number of aromatic hydroxyl groups is 2. The van der Waals surface area contributed by atoms with Crippen LogP contribution in [0.1, 0.15) is 113 Å². The van der Waals surface area contributed by atoms with E-state index >= 15 is 43.2 Å². The Hall–Kier alpha value is -13.7. The second-order valence-corrected chi connectivity index (χ2v) is 34.5. The Balaban J connectivity index is 1.22. The van der Waals surface area contributed by atoms with Crippen LogP contribution in [-0.4, -0.2) is 272 Å². The molecule has 15 N–H and O–H groups in total. The van der Waals surface area contributed by atoms with E-state index in [0.29, 0.717) is 57.1 Å². The minimum absolute atomic E-state index is 0.0270. The second kappa shape index (κ2) is 49.0. The fourth-order valence-corrected chi connectivity index (χ4v) is 16.1. The highest BCUT2D eigenvalue weighted by molar-refractivity contribution is 8.00. The molecular formula is C94H120N16O19S. The molecule has 35 nitrogen and oxygen atoms in total. The van der Waals surface area contributed by atoms with Gasteiger partial charge in [-0.15, -0.1) is 11.8 Å². The van der Waals surface area contributed by atoms with Gasteiger partial charge in [-0.05, 0) is 88.4 Å². The van der Waals surface area contributed by atoms with Gasteiger partial charge in [0.05, 0.1) is 31.8 Å². The first kappa shape index (κ1) is 102. The molecule has 6 aromatic carbocycles. The molecule has 7 aromatic rings. The number of para-hydroxylation sites is 1. The number of rotatable bonds is 23. The summed E-state index contributed by atoms with van der Waals surface area (Å²) in [6.45, 7) is 7.86. The van der Waals surface area contributed by atoms with Crippen molar-refractivity contribution in [2.45, 2.75) is 178 Å². The van der Waals surface area contributed by atoms with Crippen molar-refractivity contribution < 1.29 is 92.0 Å². The number of carboxylic acids is 1. The van der Waals surface area contributed by atoms with Crippen LogP contribution >= 0.6 is 11.8 Å². The summed E-state index contributed by atoms with van der Waals surface area (Å²) in [6.07, 6.45) is 0.202. The summed E-state index contributed by atoms with van der Waals surface area (Å²) in [6, 6.07) is 27.3. The summed E-state index contributed by atoms with van der Waals surface area (Å²) >= 11 is 0.830. The van der Waals surface area contributed by atoms with Gasteiger partial charge in [0, 0.05) is 96.1 Å². The number of likely N-dealkylation sites (N-methyl/N-ethyl adjacent to an activating group) is 5. The standard InChI is InChI=1S/C94H120N16O19S/c1-12-13-33-74-91(126)107(8)52-79(115)99-71(48-81(117)118)88(123)105-82(56(4)5)93(128)109(10)75(45-58-25-17-14-18-26-58)89(124)102-72(44-61-36-40-65(112)41-37-61)90(125)106(7)51-78(114)98-70(47-63-49-96-67-32-24-23-31-66(63)67)87(122)101-69(43-60-34-38-64(111)39-35-60)86(121)100-68(42-55(2)3)85(120)103-73(84(119)97-50-77(95)113)53-130-54-80(116)104-83(57(6)62-29-21-16-22-30-62)94(129)110(11)76(92(127)108(74)9)46-59-27-19-15-20-28-59/h14-32,34-41,49,55-57,68-76,82-83,96,111-112H,12-13,33,42-48,50-54H2,1-11H3,(H2,95,113)(H,97,119)(H,98,114)(H,99,115)(H,100,121)(H,101,122)(H,102,124)(H,103,120)(H,104,116)(H,105,123)(H,117,118)/t57?,68-,69-,70-,71-,72-,73-,74-,75-,76-,82?,83?/m0/s1. The van der Waals surface area contributed by atoms with E-state index in [2.05, 4.69) is 52.8 Å². The monoisotopic (exact) mass is 1810 g/mol. The van der Waals surface area contributed by atoms with Crippen molar-refractivity contribution in [2.75, 3.05) is 66.4 Å². The van der Waals surface area contributed by atoms with Crippen LogP contribution < -0.4 is 53.6 Å². The third-order valence-electron chi connectivity index (χ3n) is 22.6. The maximum atomic E-state index is 15.6. The number of carbonyl (C=O) groups excluding carboxylic acids is 15. The van der Waals surface area contributed by atoms with Crippen molar-refractivity contribution in [3.05, 3.63) is 203 Å². The highest BCUT2D eigenvalue weighted by Gasteiger charge is 2.43. The molecule has 0 saturated carbocycles. The predicted molar refractivity (Wildman–Crippen MR) is 487 cm³/mol. The van der Waals surface area contributed by atoms with Crippen molar-refractivity contribution in [2.24, 2.45) is 17.6 Å². The number of amides is 15. The molecular weight excluding hydrogens is 1690 g/mol. The number of aromatic nitrogens is 1. The average Bonchev–Trinajstić information content (AvgIpc) is 1.39. The van der Waals surface area contributed by atoms with E-state index in [1.807, 2.05) is 6.92 Å². The van der Waals surface area contributed by atoms with Crippen molar-refractivity contribution in [3.8, 4) is 11.5 Å². The van der Waals surface area contributed by atoms with Crippen LogP contribution in [0, 0.1) is 11.8 Å². The van der Waals surface area contributed by atoms with E-state index in [-0.39, 0.29) is 62.4 Å². The molecule has 0 aliphatic carbocycles. The highest BCUT2D eigenvalue weighted by Crippen LogP contribution is 2.27. The molecule has 12 atom stereocenters. The van der Waals surface area contributed by atoms with Gasteiger partial charge in [-0.2, -0.15) is 0 Å². The summed E-state index contributed by atoms with van der Waals surface area (Å²) in [5.41, 5.74) is 9.13. The summed E-state index contributed by atoms with van der Waals surface area (Å²) < 4.78 is 0. The Kier molecular flexibility index (Phi) is 38.4. The number of aliphatic carboxylic acids is 1. The fraction of sp³-hybridized carbons (Fsp3) is 0.426. The first-order chi connectivity index (χ1) is 61.8. The number of carbonyl (C=O) groups is 16. The Bertz CT molecular complexity index is 5100. The van der Waals surface area contributed by atoms with Gasteiger partial charge in [-0.25, -0.2) is 0 Å². The molecule has 15 amide bonds. The van der Waals surface area contributed by atoms with Crippen LogP contribution in [0.3, 0.4) is 0 Å². The second-order valence-electron chi connectivity index (χ2n) is 33.5. The molecule has 1 aliphatic heterocycles. The molecule has 130 heavy (non-hydrogen) atoms. The van der Waals surface area contributed by atoms with Gasteiger partial charge < -0.3 is 98.4 Å². The minimum atomic E-state index is -1.91. The number of benzene rings is 6. The van der Waals surface area contributed by atoms with Crippen molar-refractivity contribution in [3.63, 3.8) is 0 Å². The summed E-state index contributed by atoms with van der Waals surface area (Å²) in [5.74, 6) is -18.3. The predicted octanol–water partition coefficient (Wildman–Crippen LogP) is 2.89. The molecule has 0 spiro atoms. The lowest BCUT2D eigenvalue weighted by Gasteiger charge is -2.37. The number of H-pyrrole nitrogens is 1. The Morgan fingerprint density at radius 3 is 1.49 bits per heavy atom. The number of carboxylic acid groups (broad SMARTS) is 1. The summed E-state index contributed by atoms with van der Waals surface area (Å²) in [5, 5.41) is 55.7. The summed E-state index contributed by atoms with van der Waals surface area (Å²) in [7, 11) is 6.55. The quantitative estimate of drug-likeness (QED) is 0.0438. The zero-order valence-corrected chi connectivity index (χ0v) is 75.8. The van der Waals surface area contributed by atoms with Crippen LogP contribution in [0.25, 0.3) is 10.9 Å². The molecule has 8 rings (SSSR count). The molecule has 696 valence electrons.